The molecule has 0 saturated carbocycles. The Hall–Kier alpha value is -1.62. The molecule has 0 aliphatic carbocycles. The van der Waals surface area contributed by atoms with Crippen molar-refractivity contribution in [3.8, 4) is 0 Å². The number of aromatic nitrogens is 3. The van der Waals surface area contributed by atoms with Crippen molar-refractivity contribution in [1.29, 1.82) is 0 Å². The van der Waals surface area contributed by atoms with E-state index in [2.05, 4.69) is 10.1 Å². The Morgan fingerprint density at radius 2 is 2.38 bits per heavy atom. The molecule has 0 unspecified atom stereocenters. The molecule has 5 nitrogen and oxygen atoms in total. The number of hydrogen-bond donors (Lipinski definition) is 1. The number of halogens is 1. The highest BCUT2D eigenvalue weighted by Crippen LogP contribution is 2.20. The van der Waals surface area contributed by atoms with E-state index in [0.29, 0.717) is 5.52 Å². The quantitative estimate of drug-likeness (QED) is 0.743. The normalized spacial score (nSPS) is 10.5. The fourth-order valence-electron chi connectivity index (χ4n) is 1.01. The van der Waals surface area contributed by atoms with Crippen molar-refractivity contribution < 1.29 is 9.90 Å². The Kier molecular flexibility index (Phi) is 1.66. The monoisotopic (exact) mass is 197 g/mol. The van der Waals surface area contributed by atoms with Crippen LogP contribution in [-0.4, -0.2) is 25.7 Å². The van der Waals surface area contributed by atoms with Crippen molar-refractivity contribution in [1.82, 2.24) is 14.6 Å². The molecule has 6 heteroatoms. The highest BCUT2D eigenvalue weighted by molar-refractivity contribution is 6.36. The van der Waals surface area contributed by atoms with E-state index in [0.717, 1.165) is 0 Å². The van der Waals surface area contributed by atoms with Gasteiger partial charge in [0.1, 0.15) is 10.5 Å². The SMILES string of the molecule is O=C(O)c1nn2ccncc2c1Cl. The van der Waals surface area contributed by atoms with Crippen LogP contribution in [0, 0.1) is 0 Å². The Bertz CT molecular complexity index is 480. The second-order valence-electron chi connectivity index (χ2n) is 2.37. The minimum absolute atomic E-state index is 0.112. The number of nitrogens with zero attached hydrogens (tertiary/aromatic N) is 3. The molecular weight excluding hydrogens is 194 g/mol. The standard InChI is InChI=1S/C7H4ClN3O2/c8-5-4-3-9-1-2-11(4)10-6(5)7(12)13/h1-3H,(H,12,13). The average molecular weight is 198 g/mol. The Morgan fingerprint density at radius 1 is 1.62 bits per heavy atom. The molecule has 0 aliphatic heterocycles. The van der Waals surface area contributed by atoms with Gasteiger partial charge in [-0.05, 0) is 0 Å². The summed E-state index contributed by atoms with van der Waals surface area (Å²) >= 11 is 5.75. The highest BCUT2D eigenvalue weighted by Gasteiger charge is 2.16. The Labute approximate surface area is 77.6 Å². The van der Waals surface area contributed by atoms with E-state index in [9.17, 15) is 4.79 Å². The molecule has 2 aromatic rings. The first-order chi connectivity index (χ1) is 6.20. The first kappa shape index (κ1) is 8.00. The molecule has 0 bridgehead atoms. The van der Waals surface area contributed by atoms with Gasteiger partial charge in [-0.3, -0.25) is 4.98 Å². The van der Waals surface area contributed by atoms with Gasteiger partial charge in [0, 0.05) is 12.4 Å². The molecule has 0 fully saturated rings. The van der Waals surface area contributed by atoms with Crippen LogP contribution in [0.25, 0.3) is 5.52 Å². The van der Waals surface area contributed by atoms with Crippen LogP contribution in [-0.2, 0) is 0 Å². The maximum absolute atomic E-state index is 10.6. The first-order valence-electron chi connectivity index (χ1n) is 3.41. The van der Waals surface area contributed by atoms with E-state index in [4.69, 9.17) is 16.7 Å². The lowest BCUT2D eigenvalue weighted by molar-refractivity contribution is 0.0690. The zero-order chi connectivity index (χ0) is 9.42. The minimum Gasteiger partial charge on any atom is -0.476 e. The molecule has 13 heavy (non-hydrogen) atoms. The average Bonchev–Trinajstić information content (AvgIpc) is 2.45. The molecule has 0 atom stereocenters. The molecular formula is C7H4ClN3O2. The van der Waals surface area contributed by atoms with E-state index in [1.165, 1.54) is 23.1 Å². The summed E-state index contributed by atoms with van der Waals surface area (Å²) in [6, 6.07) is 0. The largest absolute Gasteiger partial charge is 0.476 e. The van der Waals surface area contributed by atoms with Crippen LogP contribution in [0.1, 0.15) is 10.5 Å². The number of carboxylic acid groups (broad SMARTS) is 1. The molecule has 0 aliphatic rings. The number of fused-ring (bicyclic) bond motifs is 1. The number of hydrogen-bond acceptors (Lipinski definition) is 3. The van der Waals surface area contributed by atoms with Crippen molar-refractivity contribution >= 4 is 23.1 Å². The summed E-state index contributed by atoms with van der Waals surface area (Å²) in [5.74, 6) is -1.14. The van der Waals surface area contributed by atoms with E-state index < -0.39 is 5.97 Å². The van der Waals surface area contributed by atoms with Gasteiger partial charge in [-0.1, -0.05) is 11.6 Å². The van der Waals surface area contributed by atoms with Crippen LogP contribution in [0.2, 0.25) is 5.02 Å². The van der Waals surface area contributed by atoms with Gasteiger partial charge < -0.3 is 5.11 Å². The number of carbonyl (C=O) groups is 1. The van der Waals surface area contributed by atoms with Gasteiger partial charge in [0.15, 0.2) is 5.69 Å². The van der Waals surface area contributed by atoms with Crippen LogP contribution >= 0.6 is 11.6 Å². The Morgan fingerprint density at radius 3 is 3.00 bits per heavy atom. The van der Waals surface area contributed by atoms with E-state index in [1.54, 1.807) is 0 Å². The molecule has 66 valence electrons. The van der Waals surface area contributed by atoms with Crippen molar-refractivity contribution in [2.24, 2.45) is 0 Å². The minimum atomic E-state index is -1.14. The molecule has 0 spiro atoms. The van der Waals surface area contributed by atoms with Crippen molar-refractivity contribution in [3.05, 3.63) is 29.3 Å². The van der Waals surface area contributed by atoms with Gasteiger partial charge in [0.05, 0.1) is 6.20 Å². The van der Waals surface area contributed by atoms with Crippen LogP contribution in [0.4, 0.5) is 0 Å². The molecule has 2 aromatic heterocycles. The summed E-state index contributed by atoms with van der Waals surface area (Å²) in [5.41, 5.74) is 0.330. The molecule has 1 N–H and O–H groups in total. The van der Waals surface area contributed by atoms with E-state index in [1.807, 2.05) is 0 Å². The molecule has 0 aromatic carbocycles. The van der Waals surface area contributed by atoms with Crippen molar-refractivity contribution in [2.75, 3.05) is 0 Å². The second-order valence-corrected chi connectivity index (χ2v) is 2.75. The lowest BCUT2D eigenvalue weighted by atomic mass is 10.4. The topological polar surface area (TPSA) is 67.5 Å². The molecule has 2 rings (SSSR count). The second kappa shape index (κ2) is 2.70. The van der Waals surface area contributed by atoms with Gasteiger partial charge in [0.25, 0.3) is 0 Å². The summed E-state index contributed by atoms with van der Waals surface area (Å²) in [7, 11) is 0. The van der Waals surface area contributed by atoms with Gasteiger partial charge >= 0.3 is 5.97 Å². The lowest BCUT2D eigenvalue weighted by Gasteiger charge is -1.87. The third-order valence-electron chi connectivity index (χ3n) is 1.58. The van der Waals surface area contributed by atoms with Gasteiger partial charge in [-0.15, -0.1) is 0 Å². The Balaban J connectivity index is 2.81. The molecule has 0 radical (unpaired) electrons. The van der Waals surface area contributed by atoms with Gasteiger partial charge in [-0.25, -0.2) is 9.31 Å². The van der Waals surface area contributed by atoms with Crippen molar-refractivity contribution in [3.63, 3.8) is 0 Å². The summed E-state index contributed by atoms with van der Waals surface area (Å²) in [5, 5.41) is 12.6. The van der Waals surface area contributed by atoms with E-state index in [-0.39, 0.29) is 10.7 Å². The van der Waals surface area contributed by atoms with Crippen LogP contribution < -0.4 is 0 Å². The zero-order valence-electron chi connectivity index (χ0n) is 6.31. The zero-order valence-corrected chi connectivity index (χ0v) is 7.06. The lowest BCUT2D eigenvalue weighted by Crippen LogP contribution is -1.97. The summed E-state index contributed by atoms with van der Waals surface area (Å²) < 4.78 is 1.37. The van der Waals surface area contributed by atoms with Crippen LogP contribution in [0.5, 0.6) is 0 Å². The predicted octanol–water partition coefficient (Wildman–Crippen LogP) is 1.08. The predicted molar refractivity (Wildman–Crippen MR) is 45.0 cm³/mol. The molecule has 0 amide bonds. The number of aromatic carboxylic acids is 1. The fraction of sp³-hybridized carbons (Fsp3) is 0. The van der Waals surface area contributed by atoms with Gasteiger partial charge in [-0.2, -0.15) is 5.10 Å². The maximum atomic E-state index is 10.6. The maximum Gasteiger partial charge on any atom is 0.358 e. The number of rotatable bonds is 1. The van der Waals surface area contributed by atoms with Gasteiger partial charge in [0.2, 0.25) is 0 Å². The smallest absolute Gasteiger partial charge is 0.358 e. The van der Waals surface area contributed by atoms with Crippen LogP contribution in [0.15, 0.2) is 18.6 Å². The third-order valence-corrected chi connectivity index (χ3v) is 1.95. The summed E-state index contributed by atoms with van der Waals surface area (Å²) in [4.78, 5) is 14.4. The fourth-order valence-corrected chi connectivity index (χ4v) is 1.26. The van der Waals surface area contributed by atoms with Crippen molar-refractivity contribution in [2.45, 2.75) is 0 Å². The number of carboxylic acids is 1. The van der Waals surface area contributed by atoms with Crippen LogP contribution in [0.3, 0.4) is 0 Å². The highest BCUT2D eigenvalue weighted by atomic mass is 35.5. The molecule has 0 saturated heterocycles. The molecule has 2 heterocycles. The summed E-state index contributed by atoms with van der Waals surface area (Å²) in [6.45, 7) is 0. The first-order valence-corrected chi connectivity index (χ1v) is 3.79. The summed E-state index contributed by atoms with van der Waals surface area (Å²) in [6.07, 6.45) is 4.50. The van der Waals surface area contributed by atoms with E-state index >= 15 is 0 Å². The third kappa shape index (κ3) is 1.13.